The molecule has 0 saturated carbocycles. The second kappa shape index (κ2) is 6.29. The molecule has 0 radical (unpaired) electrons. The van der Waals surface area contributed by atoms with Crippen LogP contribution in [0.25, 0.3) is 0 Å². The van der Waals surface area contributed by atoms with Crippen molar-refractivity contribution in [2.24, 2.45) is 5.92 Å². The minimum absolute atomic E-state index is 0.506. The summed E-state index contributed by atoms with van der Waals surface area (Å²) >= 11 is 0. The Kier molecular flexibility index (Phi) is 3.93. The van der Waals surface area contributed by atoms with Crippen LogP contribution in [0.15, 0.2) is 48.5 Å². The van der Waals surface area contributed by atoms with Gasteiger partial charge in [-0.05, 0) is 91.6 Å². The Hall–Kier alpha value is -1.60. The quantitative estimate of drug-likeness (QED) is 0.766. The first-order chi connectivity index (χ1) is 12.3. The Morgan fingerprint density at radius 1 is 0.800 bits per heavy atom. The number of nitrogens with zero attached hydrogens (tertiary/aromatic N) is 1. The Morgan fingerprint density at radius 2 is 1.52 bits per heavy atom. The lowest BCUT2D eigenvalue weighted by molar-refractivity contribution is 0.135. The lowest BCUT2D eigenvalue weighted by atomic mass is 9.73. The zero-order valence-corrected chi connectivity index (χ0v) is 15.2. The van der Waals surface area contributed by atoms with Crippen molar-refractivity contribution in [1.82, 2.24) is 4.90 Å². The van der Waals surface area contributed by atoms with Crippen LogP contribution in [0.1, 0.15) is 47.9 Å². The molecule has 1 saturated heterocycles. The summed E-state index contributed by atoms with van der Waals surface area (Å²) in [5, 5.41) is 0. The van der Waals surface area contributed by atoms with Gasteiger partial charge in [0.15, 0.2) is 0 Å². The zero-order valence-electron chi connectivity index (χ0n) is 15.2. The Balaban J connectivity index is 1.22. The third-order valence-corrected chi connectivity index (χ3v) is 7.24. The molecule has 0 amide bonds. The molecule has 1 unspecified atom stereocenters. The minimum atomic E-state index is 0.506. The van der Waals surface area contributed by atoms with Gasteiger partial charge in [0, 0.05) is 6.54 Å². The van der Waals surface area contributed by atoms with Crippen LogP contribution in [0, 0.1) is 5.92 Å². The van der Waals surface area contributed by atoms with Gasteiger partial charge in [-0.1, -0.05) is 48.5 Å². The van der Waals surface area contributed by atoms with Crippen molar-refractivity contribution in [3.8, 4) is 0 Å². The summed E-state index contributed by atoms with van der Waals surface area (Å²) in [5.41, 5.74) is 7.02. The van der Waals surface area contributed by atoms with E-state index in [1.54, 1.807) is 22.3 Å². The average Bonchev–Trinajstić information content (AvgIpc) is 3.02. The van der Waals surface area contributed by atoms with E-state index in [1.807, 2.05) is 0 Å². The number of rotatable bonds is 2. The maximum Gasteiger partial charge on any atom is 0.00130 e. The van der Waals surface area contributed by atoms with Crippen LogP contribution in [-0.2, 0) is 24.7 Å². The van der Waals surface area contributed by atoms with Crippen molar-refractivity contribution in [3.05, 3.63) is 70.8 Å². The van der Waals surface area contributed by atoms with Crippen LogP contribution < -0.4 is 0 Å². The SMILES string of the molecule is c1ccc2c(c1)CCC(CN1CCC3(CCc4ccccc43)CC1)C2. The van der Waals surface area contributed by atoms with Crippen LogP contribution in [0.5, 0.6) is 0 Å². The third-order valence-electron chi connectivity index (χ3n) is 7.24. The first-order valence-corrected chi connectivity index (χ1v) is 10.2. The molecule has 0 aromatic heterocycles. The normalized spacial score (nSPS) is 24.9. The van der Waals surface area contributed by atoms with Gasteiger partial charge in [0.1, 0.15) is 0 Å². The van der Waals surface area contributed by atoms with Crippen molar-refractivity contribution in [2.75, 3.05) is 19.6 Å². The van der Waals surface area contributed by atoms with E-state index < -0.39 is 0 Å². The average molecular weight is 332 g/mol. The van der Waals surface area contributed by atoms with Gasteiger partial charge in [-0.15, -0.1) is 0 Å². The fourth-order valence-corrected chi connectivity index (χ4v) is 5.74. The summed E-state index contributed by atoms with van der Waals surface area (Å²) in [4.78, 5) is 2.77. The van der Waals surface area contributed by atoms with Gasteiger partial charge in [-0.2, -0.15) is 0 Å². The first kappa shape index (κ1) is 15.6. The maximum atomic E-state index is 2.77. The molecule has 1 fully saturated rings. The molecule has 1 spiro atoms. The summed E-state index contributed by atoms with van der Waals surface area (Å²) in [6, 6.07) is 18.3. The van der Waals surface area contributed by atoms with E-state index in [-0.39, 0.29) is 0 Å². The lowest BCUT2D eigenvalue weighted by Gasteiger charge is -2.41. The molecule has 2 aliphatic carbocycles. The summed E-state index contributed by atoms with van der Waals surface area (Å²) in [7, 11) is 0. The molecule has 25 heavy (non-hydrogen) atoms. The van der Waals surface area contributed by atoms with Gasteiger partial charge in [0.05, 0.1) is 0 Å². The smallest absolute Gasteiger partial charge is 0.00130 e. The number of aryl methyl sites for hydroxylation is 2. The van der Waals surface area contributed by atoms with Gasteiger partial charge in [-0.3, -0.25) is 0 Å². The van der Waals surface area contributed by atoms with E-state index in [4.69, 9.17) is 0 Å². The topological polar surface area (TPSA) is 3.24 Å². The zero-order chi connectivity index (χ0) is 16.7. The van der Waals surface area contributed by atoms with E-state index in [2.05, 4.69) is 53.4 Å². The predicted octanol–water partition coefficient (Wildman–Crippen LogP) is 4.77. The van der Waals surface area contributed by atoms with E-state index in [1.165, 1.54) is 64.6 Å². The Bertz CT molecular complexity index is 754. The summed E-state index contributed by atoms with van der Waals surface area (Å²) in [5.74, 6) is 0.861. The summed E-state index contributed by atoms with van der Waals surface area (Å²) in [6.07, 6.45) is 9.38. The number of benzene rings is 2. The van der Waals surface area contributed by atoms with Crippen molar-refractivity contribution < 1.29 is 0 Å². The molecule has 3 aliphatic rings. The number of hydrogen-bond acceptors (Lipinski definition) is 1. The van der Waals surface area contributed by atoms with Gasteiger partial charge in [-0.25, -0.2) is 0 Å². The van der Waals surface area contributed by atoms with Gasteiger partial charge in [0.2, 0.25) is 0 Å². The van der Waals surface area contributed by atoms with Crippen LogP contribution in [0.2, 0.25) is 0 Å². The monoisotopic (exact) mass is 331 g/mol. The van der Waals surface area contributed by atoms with E-state index in [0.29, 0.717) is 5.41 Å². The van der Waals surface area contributed by atoms with Crippen molar-refractivity contribution in [1.29, 1.82) is 0 Å². The highest BCUT2D eigenvalue weighted by Crippen LogP contribution is 2.46. The third kappa shape index (κ3) is 2.83. The molecule has 0 bridgehead atoms. The van der Waals surface area contributed by atoms with Crippen LogP contribution in [-0.4, -0.2) is 24.5 Å². The summed E-state index contributed by atoms with van der Waals surface area (Å²) < 4.78 is 0. The van der Waals surface area contributed by atoms with Crippen molar-refractivity contribution in [2.45, 2.75) is 50.4 Å². The lowest BCUT2D eigenvalue weighted by Crippen LogP contribution is -2.44. The Morgan fingerprint density at radius 3 is 2.36 bits per heavy atom. The van der Waals surface area contributed by atoms with Crippen LogP contribution in [0.3, 0.4) is 0 Å². The fourth-order valence-electron chi connectivity index (χ4n) is 5.74. The van der Waals surface area contributed by atoms with Crippen molar-refractivity contribution >= 4 is 0 Å². The number of likely N-dealkylation sites (tertiary alicyclic amines) is 1. The molecule has 130 valence electrons. The van der Waals surface area contributed by atoms with E-state index >= 15 is 0 Å². The predicted molar refractivity (Wildman–Crippen MR) is 104 cm³/mol. The molecular formula is C24H29N. The molecule has 1 aliphatic heterocycles. The number of hydrogen-bond donors (Lipinski definition) is 0. The van der Waals surface area contributed by atoms with Gasteiger partial charge < -0.3 is 4.90 Å². The largest absolute Gasteiger partial charge is 0.303 e. The molecule has 2 aromatic carbocycles. The molecule has 0 N–H and O–H groups in total. The van der Waals surface area contributed by atoms with Crippen LogP contribution >= 0.6 is 0 Å². The minimum Gasteiger partial charge on any atom is -0.303 e. The van der Waals surface area contributed by atoms with E-state index in [9.17, 15) is 0 Å². The molecule has 2 aromatic rings. The van der Waals surface area contributed by atoms with Crippen molar-refractivity contribution in [3.63, 3.8) is 0 Å². The second-order valence-corrected chi connectivity index (χ2v) is 8.62. The molecule has 1 heteroatoms. The molecular weight excluding hydrogens is 302 g/mol. The highest BCUT2D eigenvalue weighted by Gasteiger charge is 2.41. The first-order valence-electron chi connectivity index (χ1n) is 10.2. The fraction of sp³-hybridized carbons (Fsp3) is 0.500. The van der Waals surface area contributed by atoms with Gasteiger partial charge in [0.25, 0.3) is 0 Å². The molecule has 1 nitrogen and oxygen atoms in total. The Labute approximate surface area is 152 Å². The van der Waals surface area contributed by atoms with Crippen LogP contribution in [0.4, 0.5) is 0 Å². The second-order valence-electron chi connectivity index (χ2n) is 8.62. The highest BCUT2D eigenvalue weighted by atomic mass is 15.1. The van der Waals surface area contributed by atoms with Gasteiger partial charge >= 0.3 is 0 Å². The summed E-state index contributed by atoms with van der Waals surface area (Å²) in [6.45, 7) is 3.91. The number of piperidine rings is 1. The number of fused-ring (bicyclic) bond motifs is 3. The molecule has 5 rings (SSSR count). The molecule has 1 atom stereocenters. The maximum absolute atomic E-state index is 2.77. The molecule has 1 heterocycles. The standard InChI is InChI=1S/C24H29N/c1-2-7-22-17-19(9-10-20(22)5-1)18-25-15-13-24(14-16-25)12-11-21-6-3-4-8-23(21)24/h1-8,19H,9-18H2. The highest BCUT2D eigenvalue weighted by molar-refractivity contribution is 5.39. The van der Waals surface area contributed by atoms with E-state index in [0.717, 1.165) is 5.92 Å².